The zero-order chi connectivity index (χ0) is 15.7. The molecule has 0 unspecified atom stereocenters. The quantitative estimate of drug-likeness (QED) is 0.921. The van der Waals surface area contributed by atoms with Crippen molar-refractivity contribution in [3.63, 3.8) is 0 Å². The minimum atomic E-state index is -0.597. The number of hydrogen-bond acceptors (Lipinski definition) is 4. The Bertz CT molecular complexity index is 709. The Kier molecular flexibility index (Phi) is 4.10. The van der Waals surface area contributed by atoms with Crippen LogP contribution < -0.4 is 5.32 Å². The zero-order valence-electron chi connectivity index (χ0n) is 12.0. The lowest BCUT2D eigenvalue weighted by Gasteiger charge is -2.27. The van der Waals surface area contributed by atoms with Crippen LogP contribution in [0.25, 0.3) is 0 Å². The lowest BCUT2D eigenvalue weighted by molar-refractivity contribution is 0.0892. The fraction of sp³-hybridized carbons (Fsp3) is 0.400. The van der Waals surface area contributed by atoms with Gasteiger partial charge in [-0.1, -0.05) is 47.3 Å². The van der Waals surface area contributed by atoms with Crippen molar-refractivity contribution in [3.8, 4) is 0 Å². The standard InChI is InChI=1S/C15H15Cl2N3O2/c1-9-18-14(20-22-9)15(7-2-3-8-15)19-13(21)10-5-4-6-11(16)12(10)17/h4-6H,2-3,7-8H2,1H3,(H,19,21). The maximum atomic E-state index is 12.6. The van der Waals surface area contributed by atoms with Crippen molar-refractivity contribution in [2.45, 2.75) is 38.1 Å². The molecule has 1 aliphatic rings. The monoisotopic (exact) mass is 339 g/mol. The van der Waals surface area contributed by atoms with Crippen LogP contribution in [0.3, 0.4) is 0 Å². The number of nitrogens with one attached hydrogen (secondary N) is 1. The van der Waals surface area contributed by atoms with Crippen molar-refractivity contribution in [3.05, 3.63) is 45.5 Å². The van der Waals surface area contributed by atoms with Crippen LogP contribution in [0.4, 0.5) is 0 Å². The van der Waals surface area contributed by atoms with E-state index in [4.69, 9.17) is 27.7 Å². The van der Waals surface area contributed by atoms with Gasteiger partial charge in [-0.25, -0.2) is 0 Å². The summed E-state index contributed by atoms with van der Waals surface area (Å²) in [6.45, 7) is 1.73. The van der Waals surface area contributed by atoms with E-state index in [0.717, 1.165) is 25.7 Å². The third-order valence-corrected chi connectivity index (χ3v) is 4.78. The van der Waals surface area contributed by atoms with Gasteiger partial charge in [0.25, 0.3) is 5.91 Å². The SMILES string of the molecule is Cc1nc(C2(NC(=O)c3cccc(Cl)c3Cl)CCCC2)no1. The van der Waals surface area contributed by atoms with E-state index in [9.17, 15) is 4.79 Å². The molecule has 1 aromatic heterocycles. The molecule has 116 valence electrons. The van der Waals surface area contributed by atoms with Gasteiger partial charge in [-0.05, 0) is 25.0 Å². The van der Waals surface area contributed by atoms with Crippen LogP contribution in [0.5, 0.6) is 0 Å². The van der Waals surface area contributed by atoms with Crippen LogP contribution >= 0.6 is 23.2 Å². The number of nitrogens with zero attached hydrogens (tertiary/aromatic N) is 2. The first-order valence-electron chi connectivity index (χ1n) is 7.09. The third-order valence-electron chi connectivity index (χ3n) is 3.96. The molecule has 0 aliphatic heterocycles. The molecule has 0 atom stereocenters. The van der Waals surface area contributed by atoms with E-state index in [-0.39, 0.29) is 10.9 Å². The Morgan fingerprint density at radius 1 is 1.32 bits per heavy atom. The van der Waals surface area contributed by atoms with Gasteiger partial charge in [-0.15, -0.1) is 0 Å². The summed E-state index contributed by atoms with van der Waals surface area (Å²) < 4.78 is 5.07. The van der Waals surface area contributed by atoms with Crippen LogP contribution in [-0.4, -0.2) is 16.0 Å². The molecule has 0 saturated heterocycles. The summed E-state index contributed by atoms with van der Waals surface area (Å²) in [6.07, 6.45) is 3.54. The van der Waals surface area contributed by atoms with E-state index in [1.54, 1.807) is 25.1 Å². The molecular formula is C15H15Cl2N3O2. The minimum Gasteiger partial charge on any atom is -0.340 e. The molecule has 1 N–H and O–H groups in total. The van der Waals surface area contributed by atoms with Gasteiger partial charge in [0, 0.05) is 6.92 Å². The van der Waals surface area contributed by atoms with Crippen LogP contribution in [-0.2, 0) is 5.54 Å². The molecular weight excluding hydrogens is 325 g/mol. The lowest BCUT2D eigenvalue weighted by Crippen LogP contribution is -2.44. The van der Waals surface area contributed by atoms with E-state index in [2.05, 4.69) is 15.5 Å². The molecule has 3 rings (SSSR count). The molecule has 0 spiro atoms. The minimum absolute atomic E-state index is 0.249. The molecule has 1 fully saturated rings. The van der Waals surface area contributed by atoms with Gasteiger partial charge in [0.1, 0.15) is 5.54 Å². The van der Waals surface area contributed by atoms with Gasteiger partial charge >= 0.3 is 0 Å². The molecule has 0 bridgehead atoms. The fourth-order valence-corrected chi connectivity index (χ4v) is 3.23. The first kappa shape index (κ1) is 15.3. The molecule has 1 aromatic carbocycles. The Labute approximate surface area is 138 Å². The fourth-order valence-electron chi connectivity index (χ4n) is 2.84. The van der Waals surface area contributed by atoms with Gasteiger partial charge in [0.15, 0.2) is 5.82 Å². The zero-order valence-corrected chi connectivity index (χ0v) is 13.5. The lowest BCUT2D eigenvalue weighted by atomic mass is 9.96. The Morgan fingerprint density at radius 2 is 2.05 bits per heavy atom. The highest BCUT2D eigenvalue weighted by atomic mass is 35.5. The van der Waals surface area contributed by atoms with Crippen molar-refractivity contribution in [2.24, 2.45) is 0 Å². The number of halogens is 2. The average Bonchev–Trinajstić information content (AvgIpc) is 3.12. The van der Waals surface area contributed by atoms with Crippen LogP contribution in [0.15, 0.2) is 22.7 Å². The van der Waals surface area contributed by atoms with Crippen LogP contribution in [0.2, 0.25) is 10.0 Å². The smallest absolute Gasteiger partial charge is 0.253 e. The molecule has 1 aliphatic carbocycles. The number of aromatic nitrogens is 2. The number of carbonyl (C=O) groups excluding carboxylic acids is 1. The summed E-state index contributed by atoms with van der Waals surface area (Å²) in [4.78, 5) is 16.9. The molecule has 0 radical (unpaired) electrons. The highest BCUT2D eigenvalue weighted by Gasteiger charge is 2.41. The molecule has 2 aromatic rings. The number of hydrogen-bond donors (Lipinski definition) is 1. The van der Waals surface area contributed by atoms with E-state index in [1.165, 1.54) is 0 Å². The predicted octanol–water partition coefficient (Wildman–Crippen LogP) is 3.88. The molecule has 1 saturated carbocycles. The van der Waals surface area contributed by atoms with Crippen LogP contribution in [0, 0.1) is 6.92 Å². The van der Waals surface area contributed by atoms with Gasteiger partial charge in [-0.3, -0.25) is 4.79 Å². The predicted molar refractivity (Wildman–Crippen MR) is 83.1 cm³/mol. The van der Waals surface area contributed by atoms with E-state index < -0.39 is 5.54 Å². The third kappa shape index (κ3) is 2.71. The summed E-state index contributed by atoms with van der Waals surface area (Å²) >= 11 is 12.1. The van der Waals surface area contributed by atoms with Crippen LogP contribution in [0.1, 0.15) is 47.8 Å². The number of carbonyl (C=O) groups is 1. The first-order chi connectivity index (χ1) is 10.5. The summed E-state index contributed by atoms with van der Waals surface area (Å²) in [5, 5.41) is 7.64. The topological polar surface area (TPSA) is 68.0 Å². The highest BCUT2D eigenvalue weighted by molar-refractivity contribution is 6.43. The Hall–Kier alpha value is -1.59. The number of benzene rings is 1. The van der Waals surface area contributed by atoms with E-state index in [1.807, 2.05) is 0 Å². The summed E-state index contributed by atoms with van der Waals surface area (Å²) in [5.74, 6) is 0.724. The van der Waals surface area contributed by atoms with Gasteiger partial charge in [-0.2, -0.15) is 4.98 Å². The highest BCUT2D eigenvalue weighted by Crippen LogP contribution is 2.38. The van der Waals surface area contributed by atoms with Crippen molar-refractivity contribution in [1.29, 1.82) is 0 Å². The normalized spacial score (nSPS) is 16.7. The van der Waals surface area contributed by atoms with Gasteiger partial charge < -0.3 is 9.84 Å². The number of aryl methyl sites for hydroxylation is 1. The molecule has 22 heavy (non-hydrogen) atoms. The molecule has 1 heterocycles. The van der Waals surface area contributed by atoms with Crippen molar-refractivity contribution < 1.29 is 9.32 Å². The average molecular weight is 340 g/mol. The molecule has 5 nitrogen and oxygen atoms in total. The molecule has 7 heteroatoms. The number of rotatable bonds is 3. The van der Waals surface area contributed by atoms with E-state index >= 15 is 0 Å². The largest absolute Gasteiger partial charge is 0.340 e. The second-order valence-electron chi connectivity index (χ2n) is 5.48. The first-order valence-corrected chi connectivity index (χ1v) is 7.85. The summed E-state index contributed by atoms with van der Waals surface area (Å²) in [7, 11) is 0. The molecule has 1 amide bonds. The summed E-state index contributed by atoms with van der Waals surface area (Å²) in [5.41, 5.74) is -0.249. The summed E-state index contributed by atoms with van der Waals surface area (Å²) in [6, 6.07) is 4.99. The van der Waals surface area contributed by atoms with Gasteiger partial charge in [0.05, 0.1) is 15.6 Å². The second-order valence-corrected chi connectivity index (χ2v) is 6.27. The Morgan fingerprint density at radius 3 is 2.68 bits per heavy atom. The van der Waals surface area contributed by atoms with Crippen molar-refractivity contribution in [2.75, 3.05) is 0 Å². The maximum absolute atomic E-state index is 12.6. The van der Waals surface area contributed by atoms with E-state index in [0.29, 0.717) is 22.3 Å². The van der Waals surface area contributed by atoms with Crippen molar-refractivity contribution in [1.82, 2.24) is 15.5 Å². The second kappa shape index (κ2) is 5.89. The Balaban J connectivity index is 1.91. The maximum Gasteiger partial charge on any atom is 0.253 e. The van der Waals surface area contributed by atoms with Gasteiger partial charge in [0.2, 0.25) is 5.89 Å². The number of amides is 1. The van der Waals surface area contributed by atoms with Crippen molar-refractivity contribution >= 4 is 29.1 Å².